The van der Waals surface area contributed by atoms with Crippen molar-refractivity contribution in [2.24, 2.45) is 0 Å². The highest BCUT2D eigenvalue weighted by molar-refractivity contribution is 6.33. The molecule has 2 atom stereocenters. The van der Waals surface area contributed by atoms with Crippen LogP contribution in [-0.4, -0.2) is 15.8 Å². The Morgan fingerprint density at radius 1 is 0.526 bits per heavy atom. The Kier molecular flexibility index (Phi) is 6.71. The molecule has 0 amide bonds. The van der Waals surface area contributed by atoms with Gasteiger partial charge in [-0.05, 0) is 47.5 Å². The summed E-state index contributed by atoms with van der Waals surface area (Å²) in [5.74, 6) is -1.49. The van der Waals surface area contributed by atoms with E-state index in [1.54, 1.807) is 24.3 Å². The first-order valence-electron chi connectivity index (χ1n) is 12.0. The highest BCUT2D eigenvalue weighted by Crippen LogP contribution is 2.45. The van der Waals surface area contributed by atoms with Gasteiger partial charge in [0.15, 0.2) is 5.78 Å². The number of aromatic amines is 2. The van der Waals surface area contributed by atoms with Crippen molar-refractivity contribution in [1.29, 1.82) is 0 Å². The molecule has 4 aromatic carbocycles. The van der Waals surface area contributed by atoms with Gasteiger partial charge in [-0.3, -0.25) is 4.79 Å². The fourth-order valence-electron chi connectivity index (χ4n) is 5.25. The third kappa shape index (κ3) is 4.40. The summed E-state index contributed by atoms with van der Waals surface area (Å²) in [6, 6.07) is 30.2. The summed E-state index contributed by atoms with van der Waals surface area (Å²) in [5, 5.41) is 3.76. The molecule has 0 aliphatic heterocycles. The molecule has 0 aliphatic rings. The van der Waals surface area contributed by atoms with E-state index in [4.69, 9.17) is 46.4 Å². The van der Waals surface area contributed by atoms with E-state index < -0.39 is 11.8 Å². The number of halogens is 4. The zero-order chi connectivity index (χ0) is 26.4. The topological polar surface area (TPSA) is 48.6 Å². The number of hydrogen-bond donors (Lipinski definition) is 2. The van der Waals surface area contributed by atoms with E-state index in [2.05, 4.69) is 9.97 Å². The van der Waals surface area contributed by atoms with Crippen LogP contribution in [0, 0.1) is 0 Å². The molecule has 3 nitrogen and oxygen atoms in total. The SMILES string of the molecule is O=C(C(c1ccc(Cl)cc1)c1c(Cl)[nH]c2ccccc12)C(c1ccc(Cl)cc1)c1c(Cl)[nH]c2ccccc12. The van der Waals surface area contributed by atoms with Crippen molar-refractivity contribution < 1.29 is 4.79 Å². The summed E-state index contributed by atoms with van der Waals surface area (Å²) in [7, 11) is 0. The Morgan fingerprint density at radius 3 is 1.29 bits per heavy atom. The number of rotatable bonds is 6. The number of aromatic nitrogens is 2. The quantitative estimate of drug-likeness (QED) is 0.203. The van der Waals surface area contributed by atoms with E-state index in [0.29, 0.717) is 31.5 Å². The van der Waals surface area contributed by atoms with E-state index in [9.17, 15) is 4.79 Å². The highest BCUT2D eigenvalue weighted by Gasteiger charge is 2.37. The predicted molar refractivity (Wildman–Crippen MR) is 158 cm³/mol. The standard InChI is InChI=1S/C31H20Cl4N2O/c32-19-13-9-17(10-14-19)25(27-21-5-1-3-7-23(21)36-30(27)34)29(38)26(18-11-15-20(33)16-12-18)28-22-6-2-4-8-24(22)37-31(28)35/h1-16,25-26,36-37H. The van der Waals surface area contributed by atoms with E-state index in [1.807, 2.05) is 72.8 Å². The van der Waals surface area contributed by atoms with Crippen LogP contribution in [0.1, 0.15) is 34.1 Å². The zero-order valence-corrected chi connectivity index (χ0v) is 22.8. The van der Waals surface area contributed by atoms with Gasteiger partial charge in [0.2, 0.25) is 0 Å². The number of benzene rings is 4. The second-order valence-electron chi connectivity index (χ2n) is 9.17. The van der Waals surface area contributed by atoms with E-state index in [0.717, 1.165) is 32.9 Å². The molecule has 6 aromatic rings. The Balaban J connectivity index is 1.63. The third-order valence-electron chi connectivity index (χ3n) is 6.95. The minimum absolute atomic E-state index is 0.0760. The lowest BCUT2D eigenvalue weighted by atomic mass is 9.77. The van der Waals surface area contributed by atoms with Crippen molar-refractivity contribution in [2.75, 3.05) is 0 Å². The number of ketones is 1. The van der Waals surface area contributed by atoms with Crippen molar-refractivity contribution in [3.05, 3.63) is 140 Å². The molecule has 0 radical (unpaired) electrons. The predicted octanol–water partition coefficient (Wildman–Crippen LogP) is 9.80. The van der Waals surface area contributed by atoms with Gasteiger partial charge in [0.05, 0.1) is 11.8 Å². The first-order valence-corrected chi connectivity index (χ1v) is 13.5. The summed E-state index contributed by atoms with van der Waals surface area (Å²) in [6.45, 7) is 0. The smallest absolute Gasteiger partial charge is 0.156 e. The van der Waals surface area contributed by atoms with Crippen LogP contribution in [0.4, 0.5) is 0 Å². The number of para-hydroxylation sites is 2. The first-order chi connectivity index (χ1) is 18.4. The van der Waals surface area contributed by atoms with Gasteiger partial charge in [-0.1, -0.05) is 107 Å². The van der Waals surface area contributed by atoms with Crippen molar-refractivity contribution in [3.63, 3.8) is 0 Å². The molecule has 0 fully saturated rings. The molecule has 7 heteroatoms. The molecular formula is C31H20Cl4N2O. The van der Waals surface area contributed by atoms with Crippen molar-refractivity contribution >= 4 is 74.0 Å². The molecule has 2 heterocycles. The van der Waals surface area contributed by atoms with Gasteiger partial charge in [0, 0.05) is 43.0 Å². The normalized spacial score (nSPS) is 13.2. The average Bonchev–Trinajstić information content (AvgIpc) is 3.42. The molecule has 6 rings (SSSR count). The Hall–Kier alpha value is -3.21. The molecule has 0 aliphatic carbocycles. The Bertz CT molecular complexity index is 1650. The van der Waals surface area contributed by atoms with Crippen LogP contribution in [0.2, 0.25) is 20.4 Å². The van der Waals surface area contributed by atoms with Crippen LogP contribution in [-0.2, 0) is 4.79 Å². The number of H-pyrrole nitrogens is 2. The number of carbonyl (C=O) groups excluding carboxylic acids is 1. The van der Waals surface area contributed by atoms with Crippen LogP contribution < -0.4 is 0 Å². The zero-order valence-electron chi connectivity index (χ0n) is 19.8. The molecule has 0 spiro atoms. The number of carbonyl (C=O) groups is 1. The lowest BCUT2D eigenvalue weighted by Gasteiger charge is -2.24. The molecular weight excluding hydrogens is 558 g/mol. The molecule has 0 saturated heterocycles. The fourth-order valence-corrected chi connectivity index (χ4v) is 6.13. The third-order valence-corrected chi connectivity index (χ3v) is 8.05. The number of hydrogen-bond acceptors (Lipinski definition) is 1. The molecule has 0 bridgehead atoms. The van der Waals surface area contributed by atoms with Gasteiger partial charge >= 0.3 is 0 Å². The summed E-state index contributed by atoms with van der Waals surface area (Å²) < 4.78 is 0. The van der Waals surface area contributed by atoms with Gasteiger partial charge in [-0.25, -0.2) is 0 Å². The maximum atomic E-state index is 15.0. The van der Waals surface area contributed by atoms with E-state index >= 15 is 0 Å². The van der Waals surface area contributed by atoms with Gasteiger partial charge in [-0.15, -0.1) is 0 Å². The second kappa shape index (κ2) is 10.2. The van der Waals surface area contributed by atoms with Crippen LogP contribution in [0.5, 0.6) is 0 Å². The molecule has 2 unspecified atom stereocenters. The van der Waals surface area contributed by atoms with Crippen LogP contribution in [0.25, 0.3) is 21.8 Å². The van der Waals surface area contributed by atoms with Crippen LogP contribution in [0.15, 0.2) is 97.1 Å². The second-order valence-corrected chi connectivity index (χ2v) is 10.8. The molecule has 2 N–H and O–H groups in total. The van der Waals surface area contributed by atoms with Crippen molar-refractivity contribution in [2.45, 2.75) is 11.8 Å². The van der Waals surface area contributed by atoms with Crippen molar-refractivity contribution in [1.82, 2.24) is 9.97 Å². The number of nitrogens with one attached hydrogen (secondary N) is 2. The maximum Gasteiger partial charge on any atom is 0.156 e. The van der Waals surface area contributed by atoms with Crippen LogP contribution in [0.3, 0.4) is 0 Å². The van der Waals surface area contributed by atoms with Gasteiger partial charge in [0.1, 0.15) is 10.3 Å². The lowest BCUT2D eigenvalue weighted by molar-refractivity contribution is -0.120. The van der Waals surface area contributed by atoms with Gasteiger partial charge in [0.25, 0.3) is 0 Å². The number of fused-ring (bicyclic) bond motifs is 2. The molecule has 2 aromatic heterocycles. The molecule has 38 heavy (non-hydrogen) atoms. The monoisotopic (exact) mass is 576 g/mol. The average molecular weight is 578 g/mol. The van der Waals surface area contributed by atoms with Gasteiger partial charge in [-0.2, -0.15) is 0 Å². The maximum absolute atomic E-state index is 15.0. The van der Waals surface area contributed by atoms with Crippen LogP contribution >= 0.6 is 46.4 Å². The molecule has 188 valence electrons. The summed E-state index contributed by atoms with van der Waals surface area (Å²) in [6.07, 6.45) is 0. The minimum atomic E-state index is -0.707. The van der Waals surface area contributed by atoms with E-state index in [1.165, 1.54) is 0 Å². The minimum Gasteiger partial charge on any atom is -0.345 e. The number of Topliss-reactive ketones (excluding diaryl/α,β-unsaturated/α-hetero) is 1. The van der Waals surface area contributed by atoms with E-state index in [-0.39, 0.29) is 5.78 Å². The largest absolute Gasteiger partial charge is 0.345 e. The Labute approximate surface area is 239 Å². The first kappa shape index (κ1) is 25.1. The summed E-state index contributed by atoms with van der Waals surface area (Å²) in [5.41, 5.74) is 4.69. The highest BCUT2D eigenvalue weighted by atomic mass is 35.5. The van der Waals surface area contributed by atoms with Crippen molar-refractivity contribution in [3.8, 4) is 0 Å². The van der Waals surface area contributed by atoms with Gasteiger partial charge < -0.3 is 9.97 Å². The Morgan fingerprint density at radius 2 is 0.895 bits per heavy atom. The lowest BCUT2D eigenvalue weighted by Crippen LogP contribution is -2.23. The summed E-state index contributed by atoms with van der Waals surface area (Å²) >= 11 is 26.1. The summed E-state index contributed by atoms with van der Waals surface area (Å²) in [4.78, 5) is 21.5. The molecule has 0 saturated carbocycles. The fraction of sp³-hybridized carbons (Fsp3) is 0.0645.